The molecule has 1 rings (SSSR count). The number of rotatable bonds is 13. The van der Waals surface area contributed by atoms with E-state index in [0.29, 0.717) is 39.3 Å². The maximum atomic E-state index is 11.3. The summed E-state index contributed by atoms with van der Waals surface area (Å²) < 4.78 is 35.9. The van der Waals surface area contributed by atoms with Crippen LogP contribution in [0.15, 0.2) is 27.8 Å². The molecule has 3 N–H and O–H groups in total. The van der Waals surface area contributed by atoms with E-state index in [1.165, 1.54) is 0 Å². The van der Waals surface area contributed by atoms with Crippen molar-refractivity contribution in [2.24, 2.45) is 4.99 Å². The minimum absolute atomic E-state index is 0.104. The molecule has 0 fully saturated rings. The molecule has 8 nitrogen and oxygen atoms in total. The van der Waals surface area contributed by atoms with Crippen molar-refractivity contribution in [3.63, 3.8) is 0 Å². The van der Waals surface area contributed by atoms with E-state index >= 15 is 0 Å². The van der Waals surface area contributed by atoms with Gasteiger partial charge in [-0.05, 0) is 38.8 Å². The van der Waals surface area contributed by atoms with E-state index in [9.17, 15) is 8.42 Å². The Morgan fingerprint density at radius 2 is 2.08 bits per heavy atom. The fourth-order valence-electron chi connectivity index (χ4n) is 1.89. The molecule has 25 heavy (non-hydrogen) atoms. The number of hydrogen-bond donors (Lipinski definition) is 3. The summed E-state index contributed by atoms with van der Waals surface area (Å²) in [7, 11) is -3.11. The first-order chi connectivity index (χ1) is 12.1. The fourth-order valence-corrected chi connectivity index (χ4v) is 2.55. The first kappa shape index (κ1) is 21.5. The number of ether oxygens (including phenoxy) is 1. The van der Waals surface area contributed by atoms with Gasteiger partial charge in [0.05, 0.1) is 12.0 Å². The zero-order chi connectivity index (χ0) is 18.4. The molecule has 0 amide bonds. The molecule has 144 valence electrons. The quantitative estimate of drug-likeness (QED) is 0.271. The molecule has 0 unspecified atom stereocenters. The molecule has 1 aromatic heterocycles. The standard InChI is InChI=1S/C16H30N4O4S/c1-3-17-16(18-9-6-11-20-25(21,22)4-2)19-10-7-12-23-14-15-8-5-13-24-15/h5,8,13,20H,3-4,6-7,9-12,14H2,1-2H3,(H2,17,18,19). The third-order valence-electron chi connectivity index (χ3n) is 3.23. The van der Waals surface area contributed by atoms with Crippen LogP contribution in [0.5, 0.6) is 0 Å². The van der Waals surface area contributed by atoms with Crippen LogP contribution in [-0.2, 0) is 21.4 Å². The monoisotopic (exact) mass is 374 g/mol. The van der Waals surface area contributed by atoms with Crippen molar-refractivity contribution in [3.05, 3.63) is 24.2 Å². The Bertz CT molecular complexity index is 573. The second kappa shape index (κ2) is 12.7. The largest absolute Gasteiger partial charge is 0.467 e. The SMILES string of the molecule is CCNC(=NCCCOCc1ccco1)NCCCNS(=O)(=O)CC. The van der Waals surface area contributed by atoms with Crippen LogP contribution in [0.1, 0.15) is 32.4 Å². The minimum Gasteiger partial charge on any atom is -0.467 e. The average Bonchev–Trinajstić information content (AvgIpc) is 3.10. The Morgan fingerprint density at radius 3 is 2.76 bits per heavy atom. The number of sulfonamides is 1. The van der Waals surface area contributed by atoms with Gasteiger partial charge in [-0.15, -0.1) is 0 Å². The number of hydrogen-bond acceptors (Lipinski definition) is 5. The van der Waals surface area contributed by atoms with Crippen LogP contribution in [0, 0.1) is 0 Å². The summed E-state index contributed by atoms with van der Waals surface area (Å²) in [6.45, 7) is 7.19. The summed E-state index contributed by atoms with van der Waals surface area (Å²) in [6, 6.07) is 3.72. The molecule has 0 aliphatic rings. The maximum absolute atomic E-state index is 11.3. The van der Waals surface area contributed by atoms with Crippen molar-refractivity contribution in [2.75, 3.05) is 38.5 Å². The van der Waals surface area contributed by atoms with Crippen LogP contribution in [0.2, 0.25) is 0 Å². The van der Waals surface area contributed by atoms with E-state index in [1.807, 2.05) is 19.1 Å². The highest BCUT2D eigenvalue weighted by Crippen LogP contribution is 2.01. The van der Waals surface area contributed by atoms with E-state index in [4.69, 9.17) is 9.15 Å². The van der Waals surface area contributed by atoms with Gasteiger partial charge in [0.1, 0.15) is 12.4 Å². The maximum Gasteiger partial charge on any atom is 0.211 e. The molecule has 0 bridgehead atoms. The molecular formula is C16H30N4O4S. The summed E-state index contributed by atoms with van der Waals surface area (Å²) in [5.74, 6) is 1.65. The Morgan fingerprint density at radius 1 is 1.24 bits per heavy atom. The van der Waals surface area contributed by atoms with Gasteiger partial charge in [0.25, 0.3) is 0 Å². The lowest BCUT2D eigenvalue weighted by atomic mass is 10.4. The lowest BCUT2D eigenvalue weighted by molar-refractivity contribution is 0.105. The Labute approximate surface area is 150 Å². The van der Waals surface area contributed by atoms with Gasteiger partial charge in [0.15, 0.2) is 5.96 Å². The number of nitrogens with one attached hydrogen (secondary N) is 3. The van der Waals surface area contributed by atoms with Crippen LogP contribution >= 0.6 is 0 Å². The molecule has 0 saturated heterocycles. The van der Waals surface area contributed by atoms with Crippen LogP contribution < -0.4 is 15.4 Å². The summed E-state index contributed by atoms with van der Waals surface area (Å²) in [6.07, 6.45) is 3.13. The summed E-state index contributed by atoms with van der Waals surface area (Å²) in [5, 5.41) is 6.35. The van der Waals surface area contributed by atoms with Crippen molar-refractivity contribution >= 4 is 16.0 Å². The third-order valence-corrected chi connectivity index (χ3v) is 4.64. The predicted octanol–water partition coefficient (Wildman–Crippen LogP) is 1.07. The van der Waals surface area contributed by atoms with Crippen molar-refractivity contribution in [1.82, 2.24) is 15.4 Å². The highest BCUT2D eigenvalue weighted by atomic mass is 32.2. The molecule has 0 radical (unpaired) electrons. The lowest BCUT2D eigenvalue weighted by Crippen LogP contribution is -2.39. The zero-order valence-electron chi connectivity index (χ0n) is 15.1. The molecule has 0 aliphatic heterocycles. The molecule has 0 spiro atoms. The van der Waals surface area contributed by atoms with E-state index in [2.05, 4.69) is 20.3 Å². The van der Waals surface area contributed by atoms with Gasteiger partial charge in [-0.25, -0.2) is 13.1 Å². The predicted molar refractivity (Wildman–Crippen MR) is 99.0 cm³/mol. The van der Waals surface area contributed by atoms with Gasteiger partial charge < -0.3 is 19.8 Å². The van der Waals surface area contributed by atoms with E-state index in [0.717, 1.165) is 24.7 Å². The van der Waals surface area contributed by atoms with Gasteiger partial charge in [0, 0.05) is 32.8 Å². The van der Waals surface area contributed by atoms with Gasteiger partial charge in [0.2, 0.25) is 10.0 Å². The van der Waals surface area contributed by atoms with Crippen molar-refractivity contribution < 1.29 is 17.6 Å². The van der Waals surface area contributed by atoms with Crippen LogP contribution in [0.3, 0.4) is 0 Å². The van der Waals surface area contributed by atoms with Gasteiger partial charge >= 0.3 is 0 Å². The van der Waals surface area contributed by atoms with Gasteiger partial charge in [-0.1, -0.05) is 0 Å². The molecule has 9 heteroatoms. The highest BCUT2D eigenvalue weighted by Gasteiger charge is 2.04. The molecule has 0 saturated carbocycles. The first-order valence-electron chi connectivity index (χ1n) is 8.67. The fraction of sp³-hybridized carbons (Fsp3) is 0.688. The van der Waals surface area contributed by atoms with Gasteiger partial charge in [-0.3, -0.25) is 4.99 Å². The second-order valence-corrected chi connectivity index (χ2v) is 7.42. The number of nitrogens with zero attached hydrogens (tertiary/aromatic N) is 1. The summed E-state index contributed by atoms with van der Waals surface area (Å²) >= 11 is 0. The molecule has 1 heterocycles. The summed E-state index contributed by atoms with van der Waals surface area (Å²) in [5.41, 5.74) is 0. The van der Waals surface area contributed by atoms with E-state index < -0.39 is 10.0 Å². The minimum atomic E-state index is -3.11. The highest BCUT2D eigenvalue weighted by molar-refractivity contribution is 7.89. The number of furan rings is 1. The van der Waals surface area contributed by atoms with E-state index in [-0.39, 0.29) is 5.75 Å². The molecule has 0 aliphatic carbocycles. The van der Waals surface area contributed by atoms with Crippen LogP contribution in [0.4, 0.5) is 0 Å². The average molecular weight is 375 g/mol. The Kier molecular flexibility index (Phi) is 10.9. The van der Waals surface area contributed by atoms with Crippen LogP contribution in [0.25, 0.3) is 0 Å². The van der Waals surface area contributed by atoms with Crippen LogP contribution in [-0.4, -0.2) is 52.9 Å². The summed E-state index contributed by atoms with van der Waals surface area (Å²) in [4.78, 5) is 4.46. The Balaban J connectivity index is 2.13. The van der Waals surface area contributed by atoms with Crippen molar-refractivity contribution in [3.8, 4) is 0 Å². The second-order valence-electron chi connectivity index (χ2n) is 5.32. The normalized spacial score (nSPS) is 12.3. The van der Waals surface area contributed by atoms with Gasteiger partial charge in [-0.2, -0.15) is 0 Å². The lowest BCUT2D eigenvalue weighted by Gasteiger charge is -2.11. The smallest absolute Gasteiger partial charge is 0.211 e. The number of aliphatic imine (C=N–C) groups is 1. The van der Waals surface area contributed by atoms with Crippen molar-refractivity contribution in [2.45, 2.75) is 33.3 Å². The first-order valence-corrected chi connectivity index (χ1v) is 10.3. The molecular weight excluding hydrogens is 344 g/mol. The molecule has 0 atom stereocenters. The Hall–Kier alpha value is -1.58. The van der Waals surface area contributed by atoms with Crippen molar-refractivity contribution in [1.29, 1.82) is 0 Å². The number of guanidine groups is 1. The molecule has 0 aromatic carbocycles. The third kappa shape index (κ3) is 10.8. The molecule has 1 aromatic rings. The zero-order valence-corrected chi connectivity index (χ0v) is 15.9. The van der Waals surface area contributed by atoms with E-state index in [1.54, 1.807) is 13.2 Å². The topological polar surface area (TPSA) is 105 Å².